The summed E-state index contributed by atoms with van der Waals surface area (Å²) >= 11 is 0. The van der Waals surface area contributed by atoms with Crippen molar-refractivity contribution >= 4 is 5.69 Å². The Morgan fingerprint density at radius 1 is 0.923 bits per heavy atom. The van der Waals surface area contributed by atoms with Crippen LogP contribution in [0.3, 0.4) is 0 Å². The van der Waals surface area contributed by atoms with Crippen LogP contribution < -0.4 is 14.8 Å². The lowest BCUT2D eigenvalue weighted by molar-refractivity contribution is 0.110. The van der Waals surface area contributed by atoms with E-state index in [-0.39, 0.29) is 0 Å². The highest BCUT2D eigenvalue weighted by Crippen LogP contribution is 2.28. The fourth-order valence-electron chi connectivity index (χ4n) is 2.65. The fourth-order valence-corrected chi connectivity index (χ4v) is 2.65. The Balaban J connectivity index is 1.78. The second-order valence-electron chi connectivity index (χ2n) is 6.20. The summed E-state index contributed by atoms with van der Waals surface area (Å²) in [7, 11) is 0. The lowest BCUT2D eigenvalue weighted by Crippen LogP contribution is -2.12. The first-order valence-electron chi connectivity index (χ1n) is 9.50. The van der Waals surface area contributed by atoms with E-state index in [0.29, 0.717) is 32.3 Å². The van der Waals surface area contributed by atoms with Gasteiger partial charge < -0.3 is 19.5 Å². The number of rotatable bonds is 12. The predicted molar refractivity (Wildman–Crippen MR) is 108 cm³/mol. The third-order valence-corrected chi connectivity index (χ3v) is 4.29. The van der Waals surface area contributed by atoms with Gasteiger partial charge in [-0.2, -0.15) is 0 Å². The molecule has 0 saturated carbocycles. The van der Waals surface area contributed by atoms with Gasteiger partial charge in [0.1, 0.15) is 24.7 Å². The van der Waals surface area contributed by atoms with Crippen molar-refractivity contribution in [2.24, 2.45) is 0 Å². The van der Waals surface area contributed by atoms with E-state index in [2.05, 4.69) is 31.3 Å². The minimum atomic E-state index is 0.504. The number of benzene rings is 2. The van der Waals surface area contributed by atoms with Gasteiger partial charge in [0.25, 0.3) is 0 Å². The van der Waals surface area contributed by atoms with Crippen LogP contribution in [0, 0.1) is 0 Å². The summed E-state index contributed by atoms with van der Waals surface area (Å²) in [5.41, 5.74) is 2.30. The summed E-state index contributed by atoms with van der Waals surface area (Å²) in [6.07, 6.45) is 1.11. The summed E-state index contributed by atoms with van der Waals surface area (Å²) in [5.74, 6) is 2.33. The van der Waals surface area contributed by atoms with E-state index in [9.17, 15) is 0 Å². The van der Waals surface area contributed by atoms with Crippen LogP contribution in [0.5, 0.6) is 11.5 Å². The molecule has 26 heavy (non-hydrogen) atoms. The molecule has 0 fully saturated rings. The molecule has 0 aliphatic heterocycles. The molecule has 2 aromatic carbocycles. The van der Waals surface area contributed by atoms with Crippen molar-refractivity contribution in [1.82, 2.24) is 0 Å². The van der Waals surface area contributed by atoms with E-state index in [0.717, 1.165) is 30.2 Å². The van der Waals surface area contributed by atoms with Gasteiger partial charge in [0, 0.05) is 24.9 Å². The minimum absolute atomic E-state index is 0.504. The van der Waals surface area contributed by atoms with E-state index >= 15 is 0 Å². The number of para-hydroxylation sites is 1. The van der Waals surface area contributed by atoms with E-state index in [1.54, 1.807) is 0 Å². The molecule has 0 aromatic heterocycles. The number of anilines is 1. The fraction of sp³-hybridized carbons (Fsp3) is 0.455. The van der Waals surface area contributed by atoms with Crippen molar-refractivity contribution in [3.63, 3.8) is 0 Å². The van der Waals surface area contributed by atoms with Crippen molar-refractivity contribution in [2.45, 2.75) is 33.1 Å². The Hall–Kier alpha value is -2.20. The van der Waals surface area contributed by atoms with Crippen LogP contribution in [0.2, 0.25) is 0 Å². The lowest BCUT2D eigenvalue weighted by atomic mass is 9.98. The highest BCUT2D eigenvalue weighted by molar-refractivity contribution is 5.48. The highest BCUT2D eigenvalue weighted by Gasteiger charge is 2.09. The van der Waals surface area contributed by atoms with Gasteiger partial charge in [-0.3, -0.25) is 0 Å². The van der Waals surface area contributed by atoms with Gasteiger partial charge in [-0.05, 0) is 43.0 Å². The van der Waals surface area contributed by atoms with Crippen LogP contribution in [0.25, 0.3) is 0 Å². The van der Waals surface area contributed by atoms with Crippen LogP contribution in [-0.2, 0) is 4.74 Å². The maximum atomic E-state index is 5.99. The van der Waals surface area contributed by atoms with E-state index in [1.807, 2.05) is 43.3 Å². The molecule has 0 bridgehead atoms. The molecule has 2 aromatic rings. The smallest absolute Gasteiger partial charge is 0.122 e. The Morgan fingerprint density at radius 2 is 1.77 bits per heavy atom. The van der Waals surface area contributed by atoms with Gasteiger partial charge in [-0.15, -0.1) is 0 Å². The van der Waals surface area contributed by atoms with E-state index in [4.69, 9.17) is 14.2 Å². The molecule has 0 amide bonds. The molecule has 1 atom stereocenters. The molecule has 0 heterocycles. The molecular weight excluding hydrogens is 326 g/mol. The van der Waals surface area contributed by atoms with Crippen molar-refractivity contribution in [2.75, 3.05) is 38.3 Å². The molecule has 1 N–H and O–H groups in total. The molecule has 4 nitrogen and oxygen atoms in total. The SMILES string of the molecule is CCOCCOc1cccc(NCCOc2ccccc2C(C)CC)c1. The Kier molecular flexibility index (Phi) is 8.84. The van der Waals surface area contributed by atoms with Crippen LogP contribution in [0.15, 0.2) is 48.5 Å². The zero-order valence-electron chi connectivity index (χ0n) is 16.2. The van der Waals surface area contributed by atoms with Gasteiger partial charge in [0.15, 0.2) is 0 Å². The molecule has 1 unspecified atom stereocenters. The van der Waals surface area contributed by atoms with Crippen molar-refractivity contribution < 1.29 is 14.2 Å². The zero-order valence-corrected chi connectivity index (χ0v) is 16.2. The minimum Gasteiger partial charge on any atom is -0.491 e. The Labute approximate surface area is 157 Å². The van der Waals surface area contributed by atoms with Gasteiger partial charge in [0.05, 0.1) is 6.61 Å². The van der Waals surface area contributed by atoms with Crippen molar-refractivity contribution in [3.8, 4) is 11.5 Å². The number of hydrogen-bond acceptors (Lipinski definition) is 4. The van der Waals surface area contributed by atoms with Gasteiger partial charge >= 0.3 is 0 Å². The molecule has 0 aliphatic rings. The second-order valence-corrected chi connectivity index (χ2v) is 6.20. The highest BCUT2D eigenvalue weighted by atomic mass is 16.5. The average Bonchev–Trinajstić information content (AvgIpc) is 2.68. The normalized spacial score (nSPS) is 11.8. The van der Waals surface area contributed by atoms with Gasteiger partial charge in [0.2, 0.25) is 0 Å². The molecule has 4 heteroatoms. The number of ether oxygens (including phenoxy) is 3. The first kappa shape index (κ1) is 20.1. The first-order chi connectivity index (χ1) is 12.7. The summed E-state index contributed by atoms with van der Waals surface area (Å²) in [6.45, 7) is 9.65. The maximum absolute atomic E-state index is 5.99. The zero-order chi connectivity index (χ0) is 18.6. The lowest BCUT2D eigenvalue weighted by Gasteiger charge is -2.16. The Bertz CT molecular complexity index is 645. The predicted octanol–water partition coefficient (Wildman–Crippen LogP) is 5.11. The summed E-state index contributed by atoms with van der Waals surface area (Å²) in [4.78, 5) is 0. The quantitative estimate of drug-likeness (QED) is 0.536. The topological polar surface area (TPSA) is 39.7 Å². The molecule has 0 spiro atoms. The van der Waals surface area contributed by atoms with Gasteiger partial charge in [-0.1, -0.05) is 38.1 Å². The summed E-state index contributed by atoms with van der Waals surface area (Å²) in [6, 6.07) is 16.3. The third kappa shape index (κ3) is 6.60. The monoisotopic (exact) mass is 357 g/mol. The average molecular weight is 357 g/mol. The van der Waals surface area contributed by atoms with E-state index < -0.39 is 0 Å². The second kappa shape index (κ2) is 11.4. The largest absolute Gasteiger partial charge is 0.491 e. The number of nitrogens with one attached hydrogen (secondary N) is 1. The molecular formula is C22H31NO3. The standard InChI is InChI=1S/C22H31NO3/c1-4-18(3)21-11-6-7-12-22(21)26-14-13-23-19-9-8-10-20(17-19)25-16-15-24-5-2/h6-12,17-18,23H,4-5,13-16H2,1-3H3. The van der Waals surface area contributed by atoms with Crippen molar-refractivity contribution in [1.29, 1.82) is 0 Å². The van der Waals surface area contributed by atoms with Crippen LogP contribution in [0.1, 0.15) is 38.7 Å². The van der Waals surface area contributed by atoms with Crippen LogP contribution >= 0.6 is 0 Å². The summed E-state index contributed by atoms with van der Waals surface area (Å²) in [5, 5.41) is 3.38. The Morgan fingerprint density at radius 3 is 2.58 bits per heavy atom. The van der Waals surface area contributed by atoms with Crippen molar-refractivity contribution in [3.05, 3.63) is 54.1 Å². The maximum Gasteiger partial charge on any atom is 0.122 e. The number of hydrogen-bond donors (Lipinski definition) is 1. The molecule has 2 rings (SSSR count). The third-order valence-electron chi connectivity index (χ3n) is 4.29. The molecule has 142 valence electrons. The molecule has 0 radical (unpaired) electrons. The van der Waals surface area contributed by atoms with Gasteiger partial charge in [-0.25, -0.2) is 0 Å². The van der Waals surface area contributed by atoms with Crippen LogP contribution in [-0.4, -0.2) is 33.0 Å². The molecule has 0 saturated heterocycles. The first-order valence-corrected chi connectivity index (χ1v) is 9.50. The van der Waals surface area contributed by atoms with Crippen LogP contribution in [0.4, 0.5) is 5.69 Å². The van der Waals surface area contributed by atoms with E-state index in [1.165, 1.54) is 5.56 Å². The molecule has 0 aliphatic carbocycles. The summed E-state index contributed by atoms with van der Waals surface area (Å²) < 4.78 is 17.0.